The van der Waals surface area contributed by atoms with Crippen LogP contribution in [-0.4, -0.2) is 34.1 Å². The van der Waals surface area contributed by atoms with Gasteiger partial charge in [-0.15, -0.1) is 0 Å². The predicted octanol–water partition coefficient (Wildman–Crippen LogP) is 2.51. The number of hydrogen-bond acceptors (Lipinski definition) is 4. The van der Waals surface area contributed by atoms with E-state index in [1.807, 2.05) is 30.3 Å². The highest BCUT2D eigenvalue weighted by Gasteiger charge is 2.26. The third kappa shape index (κ3) is 3.12. The number of aromatic carboxylic acids is 1. The first-order chi connectivity index (χ1) is 10.8. The van der Waals surface area contributed by atoms with Gasteiger partial charge in [0.25, 0.3) is 0 Å². The molecule has 1 aliphatic rings. The molecule has 0 saturated carbocycles. The number of carboxylic acids is 1. The molecule has 3 rings (SSSR count). The zero-order valence-electron chi connectivity index (χ0n) is 12.1. The van der Waals surface area contributed by atoms with Crippen LogP contribution in [0.4, 0.5) is 0 Å². The topological polar surface area (TPSA) is 73.6 Å². The van der Waals surface area contributed by atoms with E-state index in [0.717, 1.165) is 25.0 Å². The maximum Gasteiger partial charge on any atom is 0.358 e. The van der Waals surface area contributed by atoms with Gasteiger partial charge in [0.05, 0.1) is 18.8 Å². The molecule has 1 unspecified atom stereocenters. The Morgan fingerprint density at radius 3 is 2.91 bits per heavy atom. The summed E-state index contributed by atoms with van der Waals surface area (Å²) in [6.07, 6.45) is 3.24. The maximum absolute atomic E-state index is 11.6. The van der Waals surface area contributed by atoms with Gasteiger partial charge >= 0.3 is 5.97 Å². The van der Waals surface area contributed by atoms with Gasteiger partial charge in [-0.2, -0.15) is 5.10 Å². The number of nitrogens with zero attached hydrogens (tertiary/aromatic N) is 2. The Morgan fingerprint density at radius 1 is 1.41 bits per heavy atom. The van der Waals surface area contributed by atoms with Gasteiger partial charge in [0.1, 0.15) is 6.61 Å². The Balaban J connectivity index is 1.79. The minimum absolute atomic E-state index is 0.0473. The third-order valence-corrected chi connectivity index (χ3v) is 3.68. The van der Waals surface area contributed by atoms with Gasteiger partial charge in [-0.1, -0.05) is 30.3 Å². The molecule has 1 aromatic carbocycles. The van der Waals surface area contributed by atoms with Crippen LogP contribution in [0.5, 0.6) is 5.75 Å². The van der Waals surface area contributed by atoms with Crippen molar-refractivity contribution in [3.05, 3.63) is 47.8 Å². The van der Waals surface area contributed by atoms with Crippen LogP contribution in [0.3, 0.4) is 0 Å². The van der Waals surface area contributed by atoms with Gasteiger partial charge in [-0.05, 0) is 18.4 Å². The molecule has 6 nitrogen and oxygen atoms in total. The lowest BCUT2D eigenvalue weighted by atomic mass is 10.1. The number of rotatable bonds is 5. The number of carboxylic acid groups (broad SMARTS) is 1. The first kappa shape index (κ1) is 14.6. The normalized spacial score (nSPS) is 18.1. The molecule has 22 heavy (non-hydrogen) atoms. The molecular formula is C16H18N2O4. The van der Waals surface area contributed by atoms with Crippen molar-refractivity contribution in [2.24, 2.45) is 0 Å². The van der Waals surface area contributed by atoms with Crippen LogP contribution < -0.4 is 4.74 Å². The van der Waals surface area contributed by atoms with E-state index in [0.29, 0.717) is 19.0 Å². The zero-order valence-corrected chi connectivity index (χ0v) is 12.1. The van der Waals surface area contributed by atoms with Crippen molar-refractivity contribution in [1.29, 1.82) is 0 Å². The number of ether oxygens (including phenoxy) is 2. The molecule has 0 bridgehead atoms. The lowest BCUT2D eigenvalue weighted by molar-refractivity contribution is 0.0496. The molecule has 0 radical (unpaired) electrons. The van der Waals surface area contributed by atoms with E-state index in [4.69, 9.17) is 9.47 Å². The van der Waals surface area contributed by atoms with E-state index >= 15 is 0 Å². The van der Waals surface area contributed by atoms with Gasteiger partial charge < -0.3 is 14.6 Å². The van der Waals surface area contributed by atoms with E-state index in [2.05, 4.69) is 5.10 Å². The molecule has 2 aromatic rings. The quantitative estimate of drug-likeness (QED) is 0.918. The molecule has 1 fully saturated rings. The predicted molar refractivity (Wildman–Crippen MR) is 79.1 cm³/mol. The van der Waals surface area contributed by atoms with E-state index in [9.17, 15) is 9.90 Å². The first-order valence-corrected chi connectivity index (χ1v) is 7.31. The number of aromatic nitrogens is 2. The van der Waals surface area contributed by atoms with Gasteiger partial charge in [0.2, 0.25) is 0 Å². The second-order valence-electron chi connectivity index (χ2n) is 5.25. The summed E-state index contributed by atoms with van der Waals surface area (Å²) in [4.78, 5) is 11.6. The number of hydrogen-bond donors (Lipinski definition) is 1. The smallest absolute Gasteiger partial charge is 0.358 e. The highest BCUT2D eigenvalue weighted by molar-refractivity contribution is 5.88. The molecule has 0 aliphatic carbocycles. The molecule has 116 valence electrons. The van der Waals surface area contributed by atoms with Crippen LogP contribution in [-0.2, 0) is 11.3 Å². The Hall–Kier alpha value is -2.34. The fraction of sp³-hybridized carbons (Fsp3) is 0.375. The molecule has 1 aliphatic heterocycles. The molecule has 1 N–H and O–H groups in total. The lowest BCUT2D eigenvalue weighted by Gasteiger charge is -2.23. The summed E-state index contributed by atoms with van der Waals surface area (Å²) in [6.45, 7) is 1.52. The van der Waals surface area contributed by atoms with Gasteiger partial charge in [0.15, 0.2) is 11.4 Å². The van der Waals surface area contributed by atoms with Crippen molar-refractivity contribution in [3.8, 4) is 5.75 Å². The summed E-state index contributed by atoms with van der Waals surface area (Å²) >= 11 is 0. The van der Waals surface area contributed by atoms with Crippen LogP contribution >= 0.6 is 0 Å². The fourth-order valence-electron chi connectivity index (χ4n) is 2.58. The van der Waals surface area contributed by atoms with Crippen LogP contribution in [0.25, 0.3) is 0 Å². The van der Waals surface area contributed by atoms with Crippen molar-refractivity contribution in [2.45, 2.75) is 25.5 Å². The second kappa shape index (κ2) is 6.62. The Bertz CT molecular complexity index is 633. The third-order valence-electron chi connectivity index (χ3n) is 3.68. The minimum atomic E-state index is -1.04. The van der Waals surface area contributed by atoms with Gasteiger partial charge in [-0.3, -0.25) is 0 Å². The van der Waals surface area contributed by atoms with E-state index < -0.39 is 5.97 Å². The molecule has 1 atom stereocenters. The van der Waals surface area contributed by atoms with Crippen LogP contribution in [0.15, 0.2) is 36.5 Å². The van der Waals surface area contributed by atoms with Crippen molar-refractivity contribution < 1.29 is 19.4 Å². The Labute approximate surface area is 128 Å². The van der Waals surface area contributed by atoms with Gasteiger partial charge in [0, 0.05) is 6.61 Å². The summed E-state index contributed by atoms with van der Waals surface area (Å²) < 4.78 is 12.6. The molecule has 1 saturated heterocycles. The maximum atomic E-state index is 11.6. The largest absolute Gasteiger partial charge is 0.485 e. The van der Waals surface area contributed by atoms with Crippen molar-refractivity contribution >= 4 is 5.97 Å². The first-order valence-electron chi connectivity index (χ1n) is 7.31. The standard InChI is InChI=1S/C16H18N2O4/c19-16(20)15-14(22-10-12-5-2-1-3-6-12)9-17-18(15)13-7-4-8-21-11-13/h1-3,5-6,9,13H,4,7-8,10-11H2,(H,19,20). The van der Waals surface area contributed by atoms with Crippen LogP contribution in [0, 0.1) is 0 Å². The Morgan fingerprint density at radius 2 is 2.23 bits per heavy atom. The number of benzene rings is 1. The van der Waals surface area contributed by atoms with Gasteiger partial charge in [-0.25, -0.2) is 9.48 Å². The summed E-state index contributed by atoms with van der Waals surface area (Å²) in [7, 11) is 0. The SMILES string of the molecule is O=C(O)c1c(OCc2ccccc2)cnn1C1CCCOC1. The molecule has 1 aromatic heterocycles. The molecular weight excluding hydrogens is 284 g/mol. The monoisotopic (exact) mass is 302 g/mol. The molecule has 0 spiro atoms. The van der Waals surface area contributed by atoms with E-state index in [-0.39, 0.29) is 11.7 Å². The summed E-state index contributed by atoms with van der Waals surface area (Å²) in [6, 6.07) is 9.57. The van der Waals surface area contributed by atoms with E-state index in [1.165, 1.54) is 10.9 Å². The Kier molecular flexibility index (Phi) is 4.39. The highest BCUT2D eigenvalue weighted by Crippen LogP contribution is 2.26. The summed E-state index contributed by atoms with van der Waals surface area (Å²) in [5.41, 5.74) is 1.07. The number of carbonyl (C=O) groups is 1. The minimum Gasteiger partial charge on any atom is -0.485 e. The van der Waals surface area contributed by atoms with Crippen LogP contribution in [0.1, 0.15) is 34.9 Å². The molecule has 2 heterocycles. The summed E-state index contributed by atoms with van der Waals surface area (Å²) in [5, 5.41) is 13.7. The summed E-state index contributed by atoms with van der Waals surface area (Å²) in [5.74, 6) is -0.743. The van der Waals surface area contributed by atoms with Crippen molar-refractivity contribution in [1.82, 2.24) is 9.78 Å². The van der Waals surface area contributed by atoms with Crippen molar-refractivity contribution in [2.75, 3.05) is 13.2 Å². The molecule has 0 amide bonds. The lowest BCUT2D eigenvalue weighted by Crippen LogP contribution is -2.25. The zero-order chi connectivity index (χ0) is 15.4. The average Bonchev–Trinajstić information content (AvgIpc) is 2.99. The van der Waals surface area contributed by atoms with E-state index in [1.54, 1.807) is 0 Å². The van der Waals surface area contributed by atoms with Crippen LogP contribution in [0.2, 0.25) is 0 Å². The average molecular weight is 302 g/mol. The highest BCUT2D eigenvalue weighted by atomic mass is 16.5. The second-order valence-corrected chi connectivity index (χ2v) is 5.25. The fourth-order valence-corrected chi connectivity index (χ4v) is 2.58. The van der Waals surface area contributed by atoms with Crippen molar-refractivity contribution in [3.63, 3.8) is 0 Å². The molecule has 6 heteroatoms.